The fraction of sp³-hybridized carbons (Fsp3) is 0.333. The highest BCUT2D eigenvalue weighted by atomic mass is 35.5. The van der Waals surface area contributed by atoms with Gasteiger partial charge in [-0.05, 0) is 53.8 Å². The van der Waals surface area contributed by atoms with Crippen molar-refractivity contribution in [3.8, 4) is 11.1 Å². The molecule has 194 valence electrons. The van der Waals surface area contributed by atoms with E-state index in [1.807, 2.05) is 44.2 Å². The number of halogens is 1. The first-order valence-corrected chi connectivity index (χ1v) is 14.5. The number of fused-ring (bicyclic) bond motifs is 1. The van der Waals surface area contributed by atoms with E-state index in [0.717, 1.165) is 33.8 Å². The molecule has 2 unspecified atom stereocenters. The number of hydrogen-bond acceptors (Lipinski definition) is 4. The van der Waals surface area contributed by atoms with Crippen LogP contribution in [0, 0.1) is 13.8 Å². The quantitative estimate of drug-likeness (QED) is 0.381. The Hall–Kier alpha value is -2.48. The zero-order chi connectivity index (χ0) is 26.2. The van der Waals surface area contributed by atoms with E-state index in [4.69, 9.17) is 16.3 Å². The number of hydrogen-bond donors (Lipinski definition) is 0. The zero-order valence-corrected chi connectivity index (χ0v) is 23.0. The summed E-state index contributed by atoms with van der Waals surface area (Å²) in [6.45, 7) is 6.07. The van der Waals surface area contributed by atoms with Gasteiger partial charge in [-0.2, -0.15) is 4.31 Å². The lowest BCUT2D eigenvalue weighted by atomic mass is 9.74. The Morgan fingerprint density at radius 2 is 1.68 bits per heavy atom. The second-order valence-electron chi connectivity index (χ2n) is 9.91. The van der Waals surface area contributed by atoms with Gasteiger partial charge in [-0.3, -0.25) is 4.90 Å². The minimum Gasteiger partial charge on any atom is -0.383 e. The molecule has 0 radical (unpaired) electrons. The molecule has 1 saturated heterocycles. The molecular weight excluding hydrogens is 504 g/mol. The Bertz CT molecular complexity index is 1400. The monoisotopic (exact) mass is 536 g/mol. The summed E-state index contributed by atoms with van der Waals surface area (Å²) in [5.74, 6) is 0.163. The van der Waals surface area contributed by atoms with Crippen molar-refractivity contribution in [1.29, 1.82) is 0 Å². The summed E-state index contributed by atoms with van der Waals surface area (Å²) in [6.07, 6.45) is 4.04. The molecule has 2 aliphatic rings. The molecule has 2 aliphatic heterocycles. The molecule has 0 aromatic heterocycles. The molecule has 37 heavy (non-hydrogen) atoms. The summed E-state index contributed by atoms with van der Waals surface area (Å²) < 4.78 is 34.6. The fourth-order valence-electron chi connectivity index (χ4n) is 5.77. The number of benzene rings is 3. The standard InChI is InChI=1S/C30H33ClN2O3S/c1-21-9-4-5-12-29(21)37(34,35)32-17-6-7-18-33-27(19-32)30(28(33)20-36-3)24-15-13-23(14-16-24)25-10-8-11-26(31)22(25)2/h4-16,27-28,30H,17-20H2,1-3H3/t27?,28-,30?/m0/s1. The number of rotatable bonds is 6. The van der Waals surface area contributed by atoms with E-state index in [2.05, 4.69) is 41.3 Å². The van der Waals surface area contributed by atoms with Gasteiger partial charge in [0.15, 0.2) is 0 Å². The number of aryl methyl sites for hydroxylation is 1. The van der Waals surface area contributed by atoms with Gasteiger partial charge in [0, 0.05) is 49.8 Å². The Morgan fingerprint density at radius 1 is 0.946 bits per heavy atom. The average Bonchev–Trinajstić information content (AvgIpc) is 2.87. The Balaban J connectivity index is 1.47. The molecule has 1 fully saturated rings. The molecular formula is C30H33ClN2O3S. The number of methoxy groups -OCH3 is 1. The maximum atomic E-state index is 13.7. The van der Waals surface area contributed by atoms with E-state index in [1.54, 1.807) is 23.5 Å². The van der Waals surface area contributed by atoms with Crippen LogP contribution in [0.3, 0.4) is 0 Å². The minimum atomic E-state index is -3.63. The van der Waals surface area contributed by atoms with Crippen molar-refractivity contribution in [2.45, 2.75) is 36.7 Å². The van der Waals surface area contributed by atoms with Gasteiger partial charge >= 0.3 is 0 Å². The highest BCUT2D eigenvalue weighted by Gasteiger charge is 2.50. The van der Waals surface area contributed by atoms with Gasteiger partial charge in [0.25, 0.3) is 0 Å². The third-order valence-corrected chi connectivity index (χ3v) is 10.2. The van der Waals surface area contributed by atoms with Crippen LogP contribution in [0.15, 0.2) is 83.8 Å². The summed E-state index contributed by atoms with van der Waals surface area (Å²) in [7, 11) is -1.90. The Labute approximate surface area is 225 Å². The second kappa shape index (κ2) is 10.7. The molecule has 3 aromatic carbocycles. The molecule has 3 atom stereocenters. The Morgan fingerprint density at radius 3 is 2.41 bits per heavy atom. The lowest BCUT2D eigenvalue weighted by Crippen LogP contribution is -2.67. The third-order valence-electron chi connectivity index (χ3n) is 7.79. The number of nitrogens with zero attached hydrogens (tertiary/aromatic N) is 2. The predicted octanol–water partition coefficient (Wildman–Crippen LogP) is 5.67. The van der Waals surface area contributed by atoms with Crippen molar-refractivity contribution in [1.82, 2.24) is 9.21 Å². The van der Waals surface area contributed by atoms with Crippen LogP contribution < -0.4 is 0 Å². The smallest absolute Gasteiger partial charge is 0.243 e. The van der Waals surface area contributed by atoms with Gasteiger partial charge in [-0.1, -0.05) is 78.4 Å². The maximum Gasteiger partial charge on any atom is 0.243 e. The van der Waals surface area contributed by atoms with E-state index in [1.165, 1.54) is 5.56 Å². The van der Waals surface area contributed by atoms with Crippen molar-refractivity contribution in [3.63, 3.8) is 0 Å². The van der Waals surface area contributed by atoms with Crippen molar-refractivity contribution in [3.05, 3.63) is 101 Å². The average molecular weight is 537 g/mol. The molecule has 0 spiro atoms. The van der Waals surface area contributed by atoms with E-state index < -0.39 is 10.0 Å². The van der Waals surface area contributed by atoms with Crippen molar-refractivity contribution in [2.24, 2.45) is 0 Å². The first kappa shape index (κ1) is 26.1. The molecule has 2 heterocycles. The van der Waals surface area contributed by atoms with Gasteiger partial charge in [0.1, 0.15) is 0 Å². The topological polar surface area (TPSA) is 49.9 Å². The van der Waals surface area contributed by atoms with Gasteiger partial charge < -0.3 is 4.74 Å². The SMILES string of the molecule is COC[C@H]1C(c2ccc(-c3cccc(Cl)c3C)cc2)C2CN(S(=O)(=O)c3ccccc3C)CC=CCN21. The first-order valence-electron chi connectivity index (χ1n) is 12.6. The van der Waals surface area contributed by atoms with Crippen LogP contribution in [0.5, 0.6) is 0 Å². The van der Waals surface area contributed by atoms with Crippen LogP contribution >= 0.6 is 11.6 Å². The summed E-state index contributed by atoms with van der Waals surface area (Å²) in [5.41, 5.74) is 5.26. The van der Waals surface area contributed by atoms with E-state index in [-0.39, 0.29) is 18.0 Å². The molecule has 5 nitrogen and oxygen atoms in total. The van der Waals surface area contributed by atoms with Crippen molar-refractivity contribution >= 4 is 21.6 Å². The van der Waals surface area contributed by atoms with Gasteiger partial charge in [-0.25, -0.2) is 8.42 Å². The third kappa shape index (κ3) is 4.89. The summed E-state index contributed by atoms with van der Waals surface area (Å²) in [4.78, 5) is 2.75. The first-order chi connectivity index (χ1) is 17.8. The summed E-state index contributed by atoms with van der Waals surface area (Å²) in [6, 6.07) is 22.1. The second-order valence-corrected chi connectivity index (χ2v) is 12.2. The lowest BCUT2D eigenvalue weighted by molar-refractivity contribution is -0.0508. The molecule has 3 aromatic rings. The van der Waals surface area contributed by atoms with Crippen LogP contribution in [0.1, 0.15) is 22.6 Å². The van der Waals surface area contributed by atoms with Gasteiger partial charge in [0.2, 0.25) is 10.0 Å². The molecule has 0 saturated carbocycles. The molecule has 0 N–H and O–H groups in total. The largest absolute Gasteiger partial charge is 0.383 e. The van der Waals surface area contributed by atoms with Crippen molar-refractivity contribution in [2.75, 3.05) is 33.4 Å². The highest BCUT2D eigenvalue weighted by molar-refractivity contribution is 7.89. The van der Waals surface area contributed by atoms with E-state index >= 15 is 0 Å². The van der Waals surface area contributed by atoms with Gasteiger partial charge in [0.05, 0.1) is 11.5 Å². The van der Waals surface area contributed by atoms with Crippen LogP contribution in [0.2, 0.25) is 5.02 Å². The normalized spacial score (nSPS) is 22.6. The summed E-state index contributed by atoms with van der Waals surface area (Å²) >= 11 is 6.36. The zero-order valence-electron chi connectivity index (χ0n) is 21.5. The molecule has 0 amide bonds. The molecule has 0 aliphatic carbocycles. The van der Waals surface area contributed by atoms with E-state index in [9.17, 15) is 8.42 Å². The predicted molar refractivity (Wildman–Crippen MR) is 150 cm³/mol. The van der Waals surface area contributed by atoms with Crippen LogP contribution in [0.4, 0.5) is 0 Å². The van der Waals surface area contributed by atoms with Crippen LogP contribution in [-0.2, 0) is 14.8 Å². The maximum absolute atomic E-state index is 13.7. The molecule has 7 heteroatoms. The molecule has 0 bridgehead atoms. The summed E-state index contributed by atoms with van der Waals surface area (Å²) in [5, 5.41) is 0.758. The Kier molecular flexibility index (Phi) is 7.57. The minimum absolute atomic E-state index is 0.0580. The van der Waals surface area contributed by atoms with E-state index in [0.29, 0.717) is 24.6 Å². The van der Waals surface area contributed by atoms with Crippen LogP contribution in [-0.4, -0.2) is 63.1 Å². The van der Waals surface area contributed by atoms with Gasteiger partial charge in [-0.15, -0.1) is 0 Å². The molecule has 5 rings (SSSR count). The van der Waals surface area contributed by atoms with Crippen LogP contribution in [0.25, 0.3) is 11.1 Å². The lowest BCUT2D eigenvalue weighted by Gasteiger charge is -2.56. The number of sulfonamides is 1. The number of ether oxygens (including phenoxy) is 1. The highest BCUT2D eigenvalue weighted by Crippen LogP contribution is 2.43. The van der Waals surface area contributed by atoms with Crippen molar-refractivity contribution < 1.29 is 13.2 Å². The fourth-order valence-corrected chi connectivity index (χ4v) is 7.58.